The molecule has 1 spiro atoms. The second-order valence-electron chi connectivity index (χ2n) is 14.7. The summed E-state index contributed by atoms with van der Waals surface area (Å²) in [6.07, 6.45) is -1.42. The summed E-state index contributed by atoms with van der Waals surface area (Å²) in [5.74, 6) is -1.15. The topological polar surface area (TPSA) is 97.9 Å². The average molecular weight is 656 g/mol. The number of carbonyl (C=O) groups excluding carboxylic acids is 3. The number of likely N-dealkylation sites (tertiary alicyclic amines) is 1. The summed E-state index contributed by atoms with van der Waals surface area (Å²) in [6, 6.07) is 23.3. The first-order valence-corrected chi connectivity index (χ1v) is 16.4. The predicted molar refractivity (Wildman–Crippen MR) is 182 cm³/mol. The third-order valence-electron chi connectivity index (χ3n) is 9.07. The molecule has 10 heteroatoms. The lowest BCUT2D eigenvalue weighted by atomic mass is 9.59. The first kappa shape index (κ1) is 33.5. The SMILES string of the molecule is CN1c2cccc(COCOCc3ccccc3)c2[C@]23CCN(C(=O)OC(C)(C)C)C(=O)C2c2ccccc2N(C(=O)OC(C)(C)C)[C@H]13. The van der Waals surface area contributed by atoms with E-state index in [-0.39, 0.29) is 25.9 Å². The number of hydrogen-bond donors (Lipinski definition) is 0. The molecule has 0 aromatic heterocycles. The van der Waals surface area contributed by atoms with Crippen molar-refractivity contribution < 1.29 is 33.3 Å². The molecule has 0 radical (unpaired) electrons. The third kappa shape index (κ3) is 6.03. The number of likely N-dealkylation sites (N-methyl/N-ethyl adjacent to an activating group) is 1. The van der Waals surface area contributed by atoms with Crippen molar-refractivity contribution in [3.63, 3.8) is 0 Å². The standard InChI is InChI=1S/C38H45N3O7/c1-36(2,3)47-34(43)40-21-20-38-30-26(23-46-24-45-22-25-14-9-8-10-15-25)16-13-19-29(30)39(7)33(38)41(35(44)48-37(4,5)6)28-18-12-11-17-27(28)31(38)32(40)42/h8-19,31,33H,20-24H2,1-7H3/t31?,33-,38+/m0/s1. The Morgan fingerprint density at radius 3 is 2.12 bits per heavy atom. The maximum absolute atomic E-state index is 14.8. The van der Waals surface area contributed by atoms with Crippen molar-refractivity contribution in [2.45, 2.75) is 89.9 Å². The van der Waals surface area contributed by atoms with Crippen LogP contribution < -0.4 is 9.80 Å². The zero-order valence-electron chi connectivity index (χ0n) is 28.8. The fraction of sp³-hybridized carbons (Fsp3) is 0.447. The van der Waals surface area contributed by atoms with Crippen LogP contribution in [-0.2, 0) is 42.4 Å². The molecule has 0 N–H and O–H groups in total. The van der Waals surface area contributed by atoms with E-state index in [1.165, 1.54) is 4.90 Å². The number of imide groups is 1. The molecule has 0 saturated carbocycles. The molecular weight excluding hydrogens is 610 g/mol. The number of benzene rings is 3. The van der Waals surface area contributed by atoms with E-state index in [4.69, 9.17) is 18.9 Å². The van der Waals surface area contributed by atoms with Crippen LogP contribution in [0.25, 0.3) is 0 Å². The van der Waals surface area contributed by atoms with Gasteiger partial charge in [0.1, 0.15) is 24.2 Å². The molecule has 254 valence electrons. The van der Waals surface area contributed by atoms with Gasteiger partial charge >= 0.3 is 12.2 Å². The summed E-state index contributed by atoms with van der Waals surface area (Å²) in [4.78, 5) is 47.4. The number of fused-ring (bicyclic) bond motifs is 3. The molecule has 3 aromatic carbocycles. The molecule has 10 nitrogen and oxygen atoms in total. The van der Waals surface area contributed by atoms with Gasteiger partial charge in [-0.3, -0.25) is 9.69 Å². The van der Waals surface area contributed by atoms with Crippen LogP contribution in [-0.4, -0.2) is 60.7 Å². The van der Waals surface area contributed by atoms with Crippen molar-refractivity contribution in [3.05, 3.63) is 95.1 Å². The smallest absolute Gasteiger partial charge is 0.417 e. The fourth-order valence-electron chi connectivity index (χ4n) is 7.47. The monoisotopic (exact) mass is 655 g/mol. The minimum atomic E-state index is -0.935. The molecule has 3 atom stereocenters. The molecule has 1 saturated heterocycles. The number of hydrogen-bond acceptors (Lipinski definition) is 8. The van der Waals surface area contributed by atoms with E-state index in [1.807, 2.05) is 101 Å². The first-order chi connectivity index (χ1) is 22.7. The summed E-state index contributed by atoms with van der Waals surface area (Å²) in [5, 5.41) is 0. The molecule has 0 bridgehead atoms. The Bertz CT molecular complexity index is 1700. The highest BCUT2D eigenvalue weighted by Gasteiger charge is 2.67. The highest BCUT2D eigenvalue weighted by molar-refractivity contribution is 6.03. The Kier molecular flexibility index (Phi) is 8.76. The number of para-hydroxylation sites is 1. The fourth-order valence-corrected chi connectivity index (χ4v) is 7.47. The highest BCUT2D eigenvalue weighted by atomic mass is 16.7. The van der Waals surface area contributed by atoms with E-state index in [9.17, 15) is 14.4 Å². The van der Waals surface area contributed by atoms with E-state index in [0.717, 1.165) is 22.4 Å². The van der Waals surface area contributed by atoms with Crippen molar-refractivity contribution in [1.29, 1.82) is 0 Å². The summed E-state index contributed by atoms with van der Waals surface area (Å²) in [7, 11) is 1.94. The van der Waals surface area contributed by atoms with Gasteiger partial charge in [-0.25, -0.2) is 14.5 Å². The average Bonchev–Trinajstić information content (AvgIpc) is 3.26. The molecule has 3 amide bonds. The second kappa shape index (κ2) is 12.6. The zero-order valence-corrected chi connectivity index (χ0v) is 28.8. The van der Waals surface area contributed by atoms with E-state index < -0.39 is 40.9 Å². The van der Waals surface area contributed by atoms with E-state index >= 15 is 0 Å². The maximum Gasteiger partial charge on any atom is 0.417 e. The molecule has 48 heavy (non-hydrogen) atoms. The zero-order chi connectivity index (χ0) is 34.4. The highest BCUT2D eigenvalue weighted by Crippen LogP contribution is 2.62. The minimum absolute atomic E-state index is 0.0759. The number of carbonyl (C=O) groups is 3. The third-order valence-corrected chi connectivity index (χ3v) is 9.07. The Morgan fingerprint density at radius 2 is 1.42 bits per heavy atom. The Hall–Kier alpha value is -4.41. The van der Waals surface area contributed by atoms with Crippen molar-refractivity contribution in [1.82, 2.24) is 4.90 Å². The van der Waals surface area contributed by atoms with Gasteiger partial charge in [-0.2, -0.15) is 0 Å². The number of anilines is 2. The van der Waals surface area contributed by atoms with E-state index in [1.54, 1.807) is 25.7 Å². The molecule has 1 fully saturated rings. The molecule has 3 aromatic rings. The lowest BCUT2D eigenvalue weighted by molar-refractivity contribution is -0.138. The van der Waals surface area contributed by atoms with Crippen LogP contribution in [0.15, 0.2) is 72.8 Å². The summed E-state index contributed by atoms with van der Waals surface area (Å²) in [5.41, 5.74) is 2.50. The lowest BCUT2D eigenvalue weighted by Crippen LogP contribution is -2.68. The van der Waals surface area contributed by atoms with Crippen LogP contribution in [0.4, 0.5) is 21.0 Å². The molecule has 6 rings (SSSR count). The molecular formula is C38H45N3O7. The molecule has 3 aliphatic rings. The van der Waals surface area contributed by atoms with Gasteiger partial charge in [-0.15, -0.1) is 0 Å². The van der Waals surface area contributed by atoms with Gasteiger partial charge in [0.15, 0.2) is 0 Å². The maximum atomic E-state index is 14.8. The van der Waals surface area contributed by atoms with Gasteiger partial charge in [0, 0.05) is 19.3 Å². The minimum Gasteiger partial charge on any atom is -0.443 e. The number of ether oxygens (including phenoxy) is 4. The van der Waals surface area contributed by atoms with Crippen molar-refractivity contribution in [2.75, 3.05) is 30.2 Å². The van der Waals surface area contributed by atoms with Crippen LogP contribution in [0.1, 0.15) is 76.1 Å². The largest absolute Gasteiger partial charge is 0.443 e. The summed E-state index contributed by atoms with van der Waals surface area (Å²) >= 11 is 0. The Morgan fingerprint density at radius 1 is 0.792 bits per heavy atom. The van der Waals surface area contributed by atoms with Crippen LogP contribution in [0, 0.1) is 0 Å². The molecule has 0 aliphatic carbocycles. The number of piperidine rings is 1. The Balaban J connectivity index is 1.44. The molecule has 1 unspecified atom stereocenters. The van der Waals surface area contributed by atoms with Crippen molar-refractivity contribution in [2.24, 2.45) is 0 Å². The quantitative estimate of drug-likeness (QED) is 0.205. The lowest BCUT2D eigenvalue weighted by Gasteiger charge is -2.55. The van der Waals surface area contributed by atoms with Gasteiger partial charge in [-0.05, 0) is 82.3 Å². The molecule has 3 heterocycles. The van der Waals surface area contributed by atoms with Crippen molar-refractivity contribution in [3.8, 4) is 0 Å². The van der Waals surface area contributed by atoms with E-state index in [2.05, 4.69) is 4.90 Å². The predicted octanol–water partition coefficient (Wildman–Crippen LogP) is 7.10. The Labute approximate surface area is 282 Å². The van der Waals surface area contributed by atoms with Gasteiger partial charge in [0.25, 0.3) is 0 Å². The van der Waals surface area contributed by atoms with Crippen LogP contribution in [0.3, 0.4) is 0 Å². The summed E-state index contributed by atoms with van der Waals surface area (Å²) < 4.78 is 23.6. The number of nitrogens with zero attached hydrogens (tertiary/aromatic N) is 3. The van der Waals surface area contributed by atoms with Gasteiger partial charge < -0.3 is 23.8 Å². The van der Waals surface area contributed by atoms with Crippen LogP contribution >= 0.6 is 0 Å². The normalized spacial score (nSPS) is 21.6. The van der Waals surface area contributed by atoms with Crippen molar-refractivity contribution >= 4 is 29.5 Å². The van der Waals surface area contributed by atoms with E-state index in [0.29, 0.717) is 24.3 Å². The number of amides is 3. The number of rotatable bonds is 6. The summed E-state index contributed by atoms with van der Waals surface area (Å²) in [6.45, 7) is 11.7. The second-order valence-corrected chi connectivity index (χ2v) is 14.7. The van der Waals surface area contributed by atoms with Crippen LogP contribution in [0.5, 0.6) is 0 Å². The molecule has 3 aliphatic heterocycles. The first-order valence-electron chi connectivity index (χ1n) is 16.4. The van der Waals surface area contributed by atoms with Gasteiger partial charge in [0.05, 0.1) is 30.2 Å². The van der Waals surface area contributed by atoms with Crippen LogP contribution in [0.2, 0.25) is 0 Å². The van der Waals surface area contributed by atoms with Gasteiger partial charge in [0.2, 0.25) is 5.91 Å². The van der Waals surface area contributed by atoms with Gasteiger partial charge in [-0.1, -0.05) is 60.7 Å².